The minimum absolute atomic E-state index is 0.0480. The van der Waals surface area contributed by atoms with Crippen molar-refractivity contribution in [3.8, 4) is 5.75 Å². The Balaban J connectivity index is 1.44. The van der Waals surface area contributed by atoms with E-state index in [-0.39, 0.29) is 24.8 Å². The van der Waals surface area contributed by atoms with E-state index in [0.717, 1.165) is 31.5 Å². The van der Waals surface area contributed by atoms with Gasteiger partial charge in [0.1, 0.15) is 18.0 Å². The summed E-state index contributed by atoms with van der Waals surface area (Å²) in [7, 11) is 3.93. The second-order valence-corrected chi connectivity index (χ2v) is 10.9. The molecule has 2 fully saturated rings. The molecule has 2 aromatic carbocycles. The van der Waals surface area contributed by atoms with Crippen molar-refractivity contribution >= 4 is 23.4 Å². The van der Waals surface area contributed by atoms with Crippen LogP contribution in [0.4, 0.5) is 0 Å². The Morgan fingerprint density at radius 2 is 1.78 bits per heavy atom. The van der Waals surface area contributed by atoms with Crippen LogP contribution in [0.1, 0.15) is 31.2 Å². The Kier molecular flexibility index (Phi) is 9.46. The highest BCUT2D eigenvalue weighted by molar-refractivity contribution is 6.30. The molecule has 2 amide bonds. The van der Waals surface area contributed by atoms with E-state index in [1.807, 2.05) is 35.2 Å². The van der Waals surface area contributed by atoms with Gasteiger partial charge in [0.2, 0.25) is 11.8 Å². The normalized spacial score (nSPS) is 21.0. The summed E-state index contributed by atoms with van der Waals surface area (Å²) in [6, 6.07) is 17.0. The van der Waals surface area contributed by atoms with Crippen LogP contribution in [-0.2, 0) is 20.9 Å². The molecule has 4 rings (SSSR count). The fourth-order valence-electron chi connectivity index (χ4n) is 5.05. The highest BCUT2D eigenvalue weighted by Gasteiger charge is 2.42. The van der Waals surface area contributed by atoms with Crippen LogP contribution in [-0.4, -0.2) is 85.6 Å². The number of hydrogen-bond acceptors (Lipinski definition) is 5. The summed E-state index contributed by atoms with van der Waals surface area (Å²) in [6.45, 7) is 3.96. The van der Waals surface area contributed by atoms with E-state index < -0.39 is 5.60 Å². The van der Waals surface area contributed by atoms with Crippen molar-refractivity contribution in [3.63, 3.8) is 0 Å². The Labute approximate surface area is 225 Å². The minimum atomic E-state index is -0.928. The zero-order chi connectivity index (χ0) is 26.3. The molecule has 0 unspecified atom stereocenters. The summed E-state index contributed by atoms with van der Waals surface area (Å²) in [6.07, 6.45) is 2.76. The molecular weight excluding hydrogens is 490 g/mol. The number of morpholine rings is 1. The lowest BCUT2D eigenvalue weighted by Crippen LogP contribution is -2.58. The molecule has 0 spiro atoms. The van der Waals surface area contributed by atoms with Crippen LogP contribution in [0.25, 0.3) is 0 Å². The van der Waals surface area contributed by atoms with Gasteiger partial charge in [-0.15, -0.1) is 0 Å². The summed E-state index contributed by atoms with van der Waals surface area (Å²) < 4.78 is 12.4. The number of ether oxygens (including phenoxy) is 2. The van der Waals surface area contributed by atoms with Gasteiger partial charge in [-0.05, 0) is 68.7 Å². The van der Waals surface area contributed by atoms with Gasteiger partial charge in [0.05, 0.1) is 19.6 Å². The predicted octanol–water partition coefficient (Wildman–Crippen LogP) is 4.10. The van der Waals surface area contributed by atoms with Gasteiger partial charge >= 0.3 is 0 Å². The van der Waals surface area contributed by atoms with E-state index in [9.17, 15) is 9.59 Å². The number of amides is 2. The average molecular weight is 528 g/mol. The molecule has 0 aromatic heterocycles. The number of carbonyl (C=O) groups is 2. The summed E-state index contributed by atoms with van der Waals surface area (Å²) >= 11 is 6.02. The molecule has 7 nitrogen and oxygen atoms in total. The summed E-state index contributed by atoms with van der Waals surface area (Å²) in [5.74, 6) is 1.14. The van der Waals surface area contributed by atoms with Crippen molar-refractivity contribution in [3.05, 3.63) is 65.2 Å². The quantitative estimate of drug-likeness (QED) is 0.491. The van der Waals surface area contributed by atoms with Crippen LogP contribution in [0.2, 0.25) is 5.02 Å². The molecule has 2 aromatic rings. The molecule has 0 radical (unpaired) electrons. The third-order valence-corrected chi connectivity index (χ3v) is 7.63. The van der Waals surface area contributed by atoms with Crippen molar-refractivity contribution in [2.75, 3.05) is 53.5 Å². The lowest BCUT2D eigenvalue weighted by atomic mass is 9.92. The van der Waals surface area contributed by atoms with Crippen LogP contribution in [0.5, 0.6) is 5.75 Å². The summed E-state index contributed by atoms with van der Waals surface area (Å²) in [5.41, 5.74) is 0.131. The number of halogens is 1. The van der Waals surface area contributed by atoms with E-state index in [1.165, 1.54) is 0 Å². The molecule has 0 bridgehead atoms. The van der Waals surface area contributed by atoms with Crippen LogP contribution in [0.3, 0.4) is 0 Å². The van der Waals surface area contributed by atoms with Gasteiger partial charge in [-0.25, -0.2) is 0 Å². The molecule has 37 heavy (non-hydrogen) atoms. The average Bonchev–Trinajstić information content (AvgIpc) is 2.90. The Hall–Kier alpha value is -2.61. The molecule has 2 heterocycles. The first kappa shape index (κ1) is 27.4. The fraction of sp³-hybridized carbons (Fsp3) is 0.517. The van der Waals surface area contributed by atoms with Crippen LogP contribution in [0, 0.1) is 5.92 Å². The molecular formula is C29H38ClN3O4. The lowest BCUT2D eigenvalue weighted by Gasteiger charge is -2.43. The molecule has 0 N–H and O–H groups in total. The third-order valence-electron chi connectivity index (χ3n) is 7.38. The maximum absolute atomic E-state index is 13.4. The van der Waals surface area contributed by atoms with Crippen molar-refractivity contribution in [2.24, 2.45) is 5.92 Å². The number of carbonyl (C=O) groups excluding carboxylic acids is 2. The van der Waals surface area contributed by atoms with E-state index >= 15 is 0 Å². The highest BCUT2D eigenvalue weighted by Crippen LogP contribution is 2.28. The molecule has 2 aliphatic rings. The van der Waals surface area contributed by atoms with Gasteiger partial charge in [-0.2, -0.15) is 0 Å². The van der Waals surface area contributed by atoms with Gasteiger partial charge in [0.15, 0.2) is 0 Å². The second kappa shape index (κ2) is 12.8. The molecule has 2 aliphatic heterocycles. The first-order valence-electron chi connectivity index (χ1n) is 13.1. The van der Waals surface area contributed by atoms with Crippen LogP contribution in [0.15, 0.2) is 54.6 Å². The molecule has 200 valence electrons. The topological polar surface area (TPSA) is 62.3 Å². The lowest BCUT2D eigenvalue weighted by molar-refractivity contribution is -0.166. The Morgan fingerprint density at radius 3 is 2.49 bits per heavy atom. The minimum Gasteiger partial charge on any atom is -0.490 e. The molecule has 8 heteroatoms. The van der Waals surface area contributed by atoms with Gasteiger partial charge < -0.3 is 24.2 Å². The number of nitrogens with zero attached hydrogens (tertiary/aromatic N) is 3. The summed E-state index contributed by atoms with van der Waals surface area (Å²) in [5, 5.41) is 0.624. The largest absolute Gasteiger partial charge is 0.490 e. The van der Waals surface area contributed by atoms with Gasteiger partial charge in [-0.1, -0.05) is 41.9 Å². The van der Waals surface area contributed by atoms with Crippen molar-refractivity contribution in [1.82, 2.24) is 14.7 Å². The second-order valence-electron chi connectivity index (χ2n) is 10.5. The number of likely N-dealkylation sites (tertiary alicyclic amines) is 1. The van der Waals surface area contributed by atoms with E-state index in [0.29, 0.717) is 49.4 Å². The van der Waals surface area contributed by atoms with Gasteiger partial charge in [0, 0.05) is 31.6 Å². The van der Waals surface area contributed by atoms with Gasteiger partial charge in [-0.3, -0.25) is 9.59 Å². The first-order chi connectivity index (χ1) is 17.8. The van der Waals surface area contributed by atoms with E-state index in [2.05, 4.69) is 11.9 Å². The number of benzene rings is 2. The van der Waals surface area contributed by atoms with Gasteiger partial charge in [0.25, 0.3) is 0 Å². The first-order valence-corrected chi connectivity index (χ1v) is 13.5. The summed E-state index contributed by atoms with van der Waals surface area (Å²) in [4.78, 5) is 32.6. The van der Waals surface area contributed by atoms with E-state index in [1.54, 1.807) is 36.2 Å². The zero-order valence-electron chi connectivity index (χ0n) is 21.9. The van der Waals surface area contributed by atoms with Crippen molar-refractivity contribution in [2.45, 2.75) is 37.8 Å². The number of hydrogen-bond donors (Lipinski definition) is 0. The molecule has 2 saturated heterocycles. The Morgan fingerprint density at radius 1 is 1.08 bits per heavy atom. The van der Waals surface area contributed by atoms with Crippen molar-refractivity contribution in [1.29, 1.82) is 0 Å². The molecule has 0 saturated carbocycles. The highest BCUT2D eigenvalue weighted by atomic mass is 35.5. The smallest absolute Gasteiger partial charge is 0.225 e. The van der Waals surface area contributed by atoms with Crippen molar-refractivity contribution < 1.29 is 19.1 Å². The van der Waals surface area contributed by atoms with E-state index in [4.69, 9.17) is 21.1 Å². The molecule has 0 aliphatic carbocycles. The Bertz CT molecular complexity index is 1030. The molecule has 1 atom stereocenters. The SMILES string of the molecule is CN1CCC(CC(=O)N2CCO[C@@](COc3ccc(Cl)cc3)(CC(=O)N(C)Cc3ccccc3)C2)CC1. The maximum Gasteiger partial charge on any atom is 0.225 e. The van der Waals surface area contributed by atoms with Crippen LogP contribution >= 0.6 is 11.6 Å². The zero-order valence-corrected chi connectivity index (χ0v) is 22.7. The predicted molar refractivity (Wildman–Crippen MR) is 145 cm³/mol. The number of rotatable bonds is 9. The van der Waals surface area contributed by atoms with Crippen LogP contribution < -0.4 is 4.74 Å². The third kappa shape index (κ3) is 7.94. The fourth-order valence-corrected chi connectivity index (χ4v) is 5.17. The standard InChI is InChI=1S/C29H38ClN3O4/c1-31-14-12-23(13-15-31)18-27(34)33-16-17-37-29(21-33,22-36-26-10-8-25(30)9-11-26)19-28(35)32(2)20-24-6-4-3-5-7-24/h3-11,23H,12-22H2,1-2H3/t29-/m0/s1. The monoisotopic (exact) mass is 527 g/mol. The number of piperidine rings is 1. The maximum atomic E-state index is 13.4.